The molecule has 0 rings (SSSR count). The first kappa shape index (κ1) is 97.5. The molecule has 5 unspecified atom stereocenters. The van der Waals surface area contributed by atoms with Gasteiger partial charge in [-0.25, -0.2) is 9.13 Å². The summed E-state index contributed by atoms with van der Waals surface area (Å²) in [7, 11) is -9.98. The summed E-state index contributed by atoms with van der Waals surface area (Å²) in [5.74, 6) is -2.25. The Labute approximate surface area is 619 Å². The van der Waals surface area contributed by atoms with Gasteiger partial charge in [0.15, 0.2) is 12.2 Å². The SMILES string of the molecule is CCC=CCC=CCC=CCC=CCCCCCCC(=O)OCC(COP(=O)(O)OCC(O)COP(=O)(O)OCC(COC(=O)CCCCCCCC=CCC=CCCCCC)OC(=O)CCCCCCCC=CCCCCCC)OC(=O)CCCCCCC=CCC=CCC=CCCCCC. The zero-order valence-corrected chi connectivity index (χ0v) is 65.8. The second-order valence-corrected chi connectivity index (χ2v) is 29.2. The molecule has 0 bridgehead atoms. The normalized spacial score (nSPS) is 14.5. The number of carbonyl (C=O) groups is 4. The minimum Gasteiger partial charge on any atom is -0.462 e. The summed E-state index contributed by atoms with van der Waals surface area (Å²) in [5.41, 5.74) is 0. The average Bonchev–Trinajstić information content (AvgIpc) is 0.959. The highest BCUT2D eigenvalue weighted by atomic mass is 31.2. The van der Waals surface area contributed by atoms with Gasteiger partial charge in [0.05, 0.1) is 26.4 Å². The average molecular weight is 1470 g/mol. The number of phosphoric ester groups is 2. The first-order valence-corrected chi connectivity index (χ1v) is 42.8. The van der Waals surface area contributed by atoms with Crippen molar-refractivity contribution >= 4 is 39.5 Å². The fourth-order valence-electron chi connectivity index (χ4n) is 10.3. The molecule has 0 aromatic carbocycles. The van der Waals surface area contributed by atoms with E-state index in [-0.39, 0.29) is 25.7 Å². The summed E-state index contributed by atoms with van der Waals surface area (Å²) >= 11 is 0. The molecule has 0 aromatic rings. The smallest absolute Gasteiger partial charge is 0.462 e. The molecule has 0 aliphatic carbocycles. The Morgan fingerprint density at radius 1 is 0.284 bits per heavy atom. The molecule has 102 heavy (non-hydrogen) atoms. The maximum Gasteiger partial charge on any atom is 0.472 e. The lowest BCUT2D eigenvalue weighted by molar-refractivity contribution is -0.161. The van der Waals surface area contributed by atoms with Crippen LogP contribution >= 0.6 is 15.6 Å². The van der Waals surface area contributed by atoms with E-state index >= 15 is 0 Å². The van der Waals surface area contributed by atoms with Crippen molar-refractivity contribution in [2.24, 2.45) is 0 Å². The molecule has 0 heterocycles. The van der Waals surface area contributed by atoms with E-state index in [0.29, 0.717) is 25.7 Å². The predicted octanol–water partition coefficient (Wildman–Crippen LogP) is 23.1. The van der Waals surface area contributed by atoms with Crippen LogP contribution in [0.25, 0.3) is 0 Å². The van der Waals surface area contributed by atoms with Crippen molar-refractivity contribution in [3.05, 3.63) is 122 Å². The number of hydrogen-bond acceptors (Lipinski definition) is 15. The monoisotopic (exact) mass is 1470 g/mol. The van der Waals surface area contributed by atoms with Crippen LogP contribution in [0.3, 0.4) is 0 Å². The molecule has 0 fully saturated rings. The van der Waals surface area contributed by atoms with Crippen LogP contribution in [0.2, 0.25) is 0 Å². The van der Waals surface area contributed by atoms with E-state index in [9.17, 15) is 43.2 Å². The molecule has 0 radical (unpaired) electrons. The number of hydrogen-bond donors (Lipinski definition) is 3. The zero-order valence-electron chi connectivity index (χ0n) is 64.0. The number of carbonyl (C=O) groups excluding carboxylic acids is 4. The molecule has 0 aromatic heterocycles. The Bertz CT molecular complexity index is 2410. The third kappa shape index (κ3) is 73.8. The predicted molar refractivity (Wildman–Crippen MR) is 418 cm³/mol. The van der Waals surface area contributed by atoms with Gasteiger partial charge in [0.25, 0.3) is 0 Å². The summed E-state index contributed by atoms with van der Waals surface area (Å²) in [6.07, 6.45) is 81.7. The summed E-state index contributed by atoms with van der Waals surface area (Å²) < 4.78 is 68.5. The summed E-state index contributed by atoms with van der Waals surface area (Å²) in [6, 6.07) is 0. The lowest BCUT2D eigenvalue weighted by atomic mass is 10.1. The fraction of sp³-hybridized carbons (Fsp3) is 0.711. The van der Waals surface area contributed by atoms with E-state index in [1.807, 2.05) is 0 Å². The van der Waals surface area contributed by atoms with Crippen LogP contribution in [-0.4, -0.2) is 96.7 Å². The first-order chi connectivity index (χ1) is 49.7. The molecule has 0 saturated heterocycles. The van der Waals surface area contributed by atoms with E-state index in [1.165, 1.54) is 64.2 Å². The van der Waals surface area contributed by atoms with Crippen LogP contribution in [-0.2, 0) is 65.4 Å². The Morgan fingerprint density at radius 3 is 0.814 bits per heavy atom. The highest BCUT2D eigenvalue weighted by Gasteiger charge is 2.30. The van der Waals surface area contributed by atoms with Gasteiger partial charge in [-0.1, -0.05) is 258 Å². The Kier molecular flexibility index (Phi) is 71.4. The number of aliphatic hydroxyl groups is 1. The van der Waals surface area contributed by atoms with Crippen LogP contribution < -0.4 is 0 Å². The molecule has 17 nitrogen and oxygen atoms in total. The lowest BCUT2D eigenvalue weighted by Crippen LogP contribution is -2.30. The summed E-state index contributed by atoms with van der Waals surface area (Å²) in [4.78, 5) is 73.0. The van der Waals surface area contributed by atoms with Crippen molar-refractivity contribution in [1.29, 1.82) is 0 Å². The van der Waals surface area contributed by atoms with Crippen molar-refractivity contribution in [3.8, 4) is 0 Å². The van der Waals surface area contributed by atoms with Gasteiger partial charge in [-0.05, 0) is 161 Å². The standard InChI is InChI=1S/C83H142O17P2/c1-5-9-13-17-21-25-29-33-36-38-41-45-48-52-56-60-64-68-81(86)94-74-79(100-83(88)70-66-62-58-54-50-46-42-39-37-34-30-26-22-18-14-10-6-2)76-98-102(91,92)96-72-77(84)71-95-101(89,90)97-75-78(99-82(87)69-65-61-57-53-49-43-32-28-24-20-16-12-8-4)73-93-80(85)67-63-59-55-51-47-44-40-35-31-27-23-19-15-11-7-3/h9,13,21-23,25-28,32-37,40-42,45-46,77-79,84H,5-8,10-12,14-20,24,29-31,38-39,43-44,47-76H2,1-4H3,(H,89,90)(H,91,92). The molecule has 19 heteroatoms. The van der Waals surface area contributed by atoms with Gasteiger partial charge >= 0.3 is 39.5 Å². The summed E-state index contributed by atoms with van der Waals surface area (Å²) in [5, 5.41) is 10.6. The van der Waals surface area contributed by atoms with Gasteiger partial charge in [-0.2, -0.15) is 0 Å². The molecular weight excluding hydrogens is 1330 g/mol. The fourth-order valence-corrected chi connectivity index (χ4v) is 11.9. The second-order valence-electron chi connectivity index (χ2n) is 26.3. The van der Waals surface area contributed by atoms with Crippen molar-refractivity contribution < 1.29 is 80.2 Å². The summed E-state index contributed by atoms with van der Waals surface area (Å²) in [6.45, 7) is 4.63. The maximum atomic E-state index is 13.1. The van der Waals surface area contributed by atoms with Crippen molar-refractivity contribution in [2.75, 3.05) is 39.6 Å². The number of aliphatic hydroxyl groups excluding tert-OH is 1. The van der Waals surface area contributed by atoms with Gasteiger partial charge in [-0.15, -0.1) is 0 Å². The van der Waals surface area contributed by atoms with Gasteiger partial charge in [0.1, 0.15) is 19.3 Å². The van der Waals surface area contributed by atoms with E-state index in [4.69, 9.17) is 37.0 Å². The third-order valence-electron chi connectivity index (χ3n) is 16.4. The van der Waals surface area contributed by atoms with Gasteiger partial charge in [0.2, 0.25) is 0 Å². The van der Waals surface area contributed by atoms with Gasteiger partial charge < -0.3 is 33.8 Å². The molecule has 5 atom stereocenters. The highest BCUT2D eigenvalue weighted by Crippen LogP contribution is 2.45. The Hall–Kier alpha value is -4.54. The lowest BCUT2D eigenvalue weighted by Gasteiger charge is -2.21. The second kappa shape index (κ2) is 74.7. The van der Waals surface area contributed by atoms with Crippen molar-refractivity contribution in [1.82, 2.24) is 0 Å². The largest absolute Gasteiger partial charge is 0.472 e. The Morgan fingerprint density at radius 2 is 0.510 bits per heavy atom. The molecule has 0 aliphatic rings. The molecule has 0 amide bonds. The van der Waals surface area contributed by atoms with E-state index in [0.717, 1.165) is 180 Å². The van der Waals surface area contributed by atoms with Crippen molar-refractivity contribution in [2.45, 2.75) is 341 Å². The molecule has 0 spiro atoms. The number of phosphoric acid groups is 2. The van der Waals surface area contributed by atoms with Crippen LogP contribution in [0.5, 0.6) is 0 Å². The quantitative estimate of drug-likeness (QED) is 0.0169. The number of ether oxygens (including phenoxy) is 4. The minimum atomic E-state index is -4.99. The van der Waals surface area contributed by atoms with Crippen LogP contribution in [0.15, 0.2) is 122 Å². The first-order valence-electron chi connectivity index (χ1n) is 39.8. The topological polar surface area (TPSA) is 237 Å². The van der Waals surface area contributed by atoms with E-state index in [2.05, 4.69) is 149 Å². The highest BCUT2D eigenvalue weighted by molar-refractivity contribution is 7.47. The zero-order chi connectivity index (χ0) is 74.6. The van der Waals surface area contributed by atoms with Gasteiger partial charge in [-0.3, -0.25) is 37.3 Å². The van der Waals surface area contributed by atoms with Gasteiger partial charge in [0, 0.05) is 25.7 Å². The molecular formula is C83H142O17P2. The van der Waals surface area contributed by atoms with Crippen molar-refractivity contribution in [3.63, 3.8) is 0 Å². The number of allylic oxidation sites excluding steroid dienone is 20. The maximum absolute atomic E-state index is 13.1. The Balaban J connectivity index is 5.42. The molecule has 0 saturated carbocycles. The number of rotatable bonds is 74. The van der Waals surface area contributed by atoms with E-state index in [1.54, 1.807) is 0 Å². The van der Waals surface area contributed by atoms with Crippen LogP contribution in [0.1, 0.15) is 323 Å². The van der Waals surface area contributed by atoms with Crippen LogP contribution in [0.4, 0.5) is 0 Å². The van der Waals surface area contributed by atoms with Crippen LogP contribution in [0, 0.1) is 0 Å². The third-order valence-corrected chi connectivity index (χ3v) is 18.3. The molecule has 586 valence electrons. The molecule has 0 aliphatic heterocycles. The number of unbranched alkanes of at least 4 members (excludes halogenated alkanes) is 28. The van der Waals surface area contributed by atoms with E-state index < -0.39 is 97.5 Å². The minimum absolute atomic E-state index is 0.0610. The molecule has 3 N–H and O–H groups in total. The number of esters is 4.